The first-order chi connectivity index (χ1) is 12.2. The number of methoxy groups -OCH3 is 1. The van der Waals surface area contributed by atoms with E-state index < -0.39 is 0 Å². The Bertz CT molecular complexity index is 731. The number of ether oxygens (including phenoxy) is 1. The van der Waals surface area contributed by atoms with Gasteiger partial charge in [0.25, 0.3) is 5.91 Å². The second kappa shape index (κ2) is 7.79. The van der Waals surface area contributed by atoms with Crippen LogP contribution in [0.1, 0.15) is 22.5 Å². The number of benzene rings is 1. The van der Waals surface area contributed by atoms with Crippen molar-refractivity contribution in [1.29, 1.82) is 0 Å². The summed E-state index contributed by atoms with van der Waals surface area (Å²) in [5, 5.41) is 2.89. The van der Waals surface area contributed by atoms with Crippen molar-refractivity contribution in [3.63, 3.8) is 0 Å². The van der Waals surface area contributed by atoms with Crippen LogP contribution in [0.25, 0.3) is 0 Å². The highest BCUT2D eigenvalue weighted by Crippen LogP contribution is 2.15. The first-order valence-electron chi connectivity index (χ1n) is 8.28. The highest BCUT2D eigenvalue weighted by atomic mass is 16.5. The van der Waals surface area contributed by atoms with Gasteiger partial charge in [-0.05, 0) is 36.2 Å². The third-order valence-corrected chi connectivity index (χ3v) is 4.28. The van der Waals surface area contributed by atoms with Crippen molar-refractivity contribution in [2.45, 2.75) is 18.9 Å². The van der Waals surface area contributed by atoms with E-state index in [4.69, 9.17) is 4.74 Å². The van der Waals surface area contributed by atoms with E-state index in [1.807, 2.05) is 24.3 Å². The van der Waals surface area contributed by atoms with Crippen molar-refractivity contribution >= 4 is 11.8 Å². The lowest BCUT2D eigenvalue weighted by Gasteiger charge is -2.17. The number of rotatable bonds is 6. The monoisotopic (exact) mass is 339 g/mol. The molecule has 1 saturated heterocycles. The van der Waals surface area contributed by atoms with Crippen LogP contribution in [0.2, 0.25) is 0 Å². The van der Waals surface area contributed by atoms with E-state index in [-0.39, 0.29) is 17.9 Å². The predicted molar refractivity (Wildman–Crippen MR) is 93.4 cm³/mol. The maximum Gasteiger partial charge on any atom is 0.270 e. The highest BCUT2D eigenvalue weighted by molar-refractivity contribution is 5.93. The molecule has 3 rings (SSSR count). The van der Waals surface area contributed by atoms with Crippen molar-refractivity contribution in [1.82, 2.24) is 15.2 Å². The Kier molecular flexibility index (Phi) is 5.28. The second-order valence-electron chi connectivity index (χ2n) is 6.03. The van der Waals surface area contributed by atoms with Gasteiger partial charge in [0.15, 0.2) is 0 Å². The van der Waals surface area contributed by atoms with Gasteiger partial charge in [-0.15, -0.1) is 0 Å². The quantitative estimate of drug-likeness (QED) is 0.869. The Morgan fingerprint density at radius 2 is 2.08 bits per heavy atom. The fourth-order valence-electron chi connectivity index (χ4n) is 2.90. The molecule has 0 spiro atoms. The van der Waals surface area contributed by atoms with E-state index in [2.05, 4.69) is 10.3 Å². The van der Waals surface area contributed by atoms with Crippen LogP contribution >= 0.6 is 0 Å². The normalized spacial score (nSPS) is 16.8. The molecular formula is C19H21N3O3. The molecule has 1 aliphatic rings. The molecular weight excluding hydrogens is 318 g/mol. The van der Waals surface area contributed by atoms with Gasteiger partial charge in [0.2, 0.25) is 5.91 Å². The molecule has 6 heteroatoms. The number of nitrogens with zero attached hydrogens (tertiary/aromatic N) is 2. The Labute approximate surface area is 146 Å². The molecule has 1 atom stereocenters. The van der Waals surface area contributed by atoms with Gasteiger partial charge in [-0.2, -0.15) is 0 Å². The minimum atomic E-state index is -0.240. The van der Waals surface area contributed by atoms with Crippen LogP contribution in [0.3, 0.4) is 0 Å². The molecule has 0 bridgehead atoms. The van der Waals surface area contributed by atoms with Crippen LogP contribution < -0.4 is 10.1 Å². The molecule has 1 aromatic carbocycles. The van der Waals surface area contributed by atoms with Crippen LogP contribution in [0, 0.1) is 0 Å². The Balaban J connectivity index is 1.51. The van der Waals surface area contributed by atoms with E-state index >= 15 is 0 Å². The van der Waals surface area contributed by atoms with Crippen LogP contribution in [-0.4, -0.2) is 47.9 Å². The number of hydrogen-bond acceptors (Lipinski definition) is 4. The molecule has 130 valence electrons. The fourth-order valence-corrected chi connectivity index (χ4v) is 2.90. The van der Waals surface area contributed by atoms with Crippen LogP contribution in [0.4, 0.5) is 0 Å². The van der Waals surface area contributed by atoms with Gasteiger partial charge < -0.3 is 15.0 Å². The summed E-state index contributed by atoms with van der Waals surface area (Å²) in [6.45, 7) is 1.18. The van der Waals surface area contributed by atoms with Crippen molar-refractivity contribution in [3.05, 3.63) is 59.9 Å². The smallest absolute Gasteiger partial charge is 0.270 e. The molecule has 0 saturated carbocycles. The first kappa shape index (κ1) is 17.0. The maximum absolute atomic E-state index is 12.2. The van der Waals surface area contributed by atoms with Crippen LogP contribution in [-0.2, 0) is 11.2 Å². The third-order valence-electron chi connectivity index (χ3n) is 4.28. The number of carbonyl (C=O) groups excluding carboxylic acids is 2. The standard InChI is InChI=1S/C19H21N3O3/c1-25-16-7-5-14(6-8-16)9-11-22-13-15(12-18(22)23)21-19(24)17-4-2-3-10-20-17/h2-8,10,15H,9,11-13H2,1H3,(H,21,24)/t15-/m0/s1. The molecule has 25 heavy (non-hydrogen) atoms. The number of nitrogens with one attached hydrogen (secondary N) is 1. The molecule has 0 unspecified atom stereocenters. The van der Waals surface area contributed by atoms with Crippen molar-refractivity contribution < 1.29 is 14.3 Å². The predicted octanol–water partition coefficient (Wildman–Crippen LogP) is 1.66. The summed E-state index contributed by atoms with van der Waals surface area (Å²) in [5.74, 6) is 0.647. The Morgan fingerprint density at radius 3 is 2.76 bits per heavy atom. The molecule has 6 nitrogen and oxygen atoms in total. The lowest BCUT2D eigenvalue weighted by atomic mass is 10.1. The van der Waals surface area contributed by atoms with E-state index in [1.165, 1.54) is 0 Å². The largest absolute Gasteiger partial charge is 0.497 e. The van der Waals surface area contributed by atoms with Crippen LogP contribution in [0.15, 0.2) is 48.7 Å². The Morgan fingerprint density at radius 1 is 1.28 bits per heavy atom. The van der Waals surface area contributed by atoms with Gasteiger partial charge in [-0.25, -0.2) is 0 Å². The van der Waals surface area contributed by atoms with Crippen LogP contribution in [0.5, 0.6) is 5.75 Å². The lowest BCUT2D eigenvalue weighted by Crippen LogP contribution is -2.37. The molecule has 2 amide bonds. The summed E-state index contributed by atoms with van der Waals surface area (Å²) in [5.41, 5.74) is 1.52. The number of carbonyl (C=O) groups is 2. The summed E-state index contributed by atoms with van der Waals surface area (Å²) >= 11 is 0. The van der Waals surface area contributed by atoms with Gasteiger partial charge in [0.05, 0.1) is 13.2 Å². The molecule has 2 heterocycles. The van der Waals surface area contributed by atoms with Gasteiger partial charge >= 0.3 is 0 Å². The zero-order valence-electron chi connectivity index (χ0n) is 14.1. The summed E-state index contributed by atoms with van der Waals surface area (Å²) in [7, 11) is 1.64. The Hall–Kier alpha value is -2.89. The lowest BCUT2D eigenvalue weighted by molar-refractivity contribution is -0.127. The summed E-state index contributed by atoms with van der Waals surface area (Å²) in [6, 6.07) is 12.8. The second-order valence-corrected chi connectivity index (χ2v) is 6.03. The molecule has 1 fully saturated rings. The molecule has 1 aliphatic heterocycles. The molecule has 0 radical (unpaired) electrons. The zero-order chi connectivity index (χ0) is 17.6. The summed E-state index contributed by atoms with van der Waals surface area (Å²) < 4.78 is 5.14. The summed E-state index contributed by atoms with van der Waals surface area (Å²) in [6.07, 6.45) is 2.69. The third kappa shape index (κ3) is 4.35. The molecule has 0 aliphatic carbocycles. The maximum atomic E-state index is 12.2. The molecule has 2 aromatic rings. The van der Waals surface area contributed by atoms with E-state index in [1.54, 1.807) is 36.4 Å². The summed E-state index contributed by atoms with van der Waals surface area (Å²) in [4.78, 5) is 30.1. The van der Waals surface area contributed by atoms with Gasteiger partial charge in [0.1, 0.15) is 11.4 Å². The number of likely N-dealkylation sites (tertiary alicyclic amines) is 1. The highest BCUT2D eigenvalue weighted by Gasteiger charge is 2.30. The SMILES string of the molecule is COc1ccc(CCN2C[C@@H](NC(=O)c3ccccn3)CC2=O)cc1. The van der Waals surface area contributed by atoms with E-state index in [0.29, 0.717) is 25.2 Å². The average molecular weight is 339 g/mol. The minimum absolute atomic E-state index is 0.0693. The topological polar surface area (TPSA) is 71.5 Å². The number of pyridine rings is 1. The van der Waals surface area contributed by atoms with Crippen molar-refractivity contribution in [2.75, 3.05) is 20.2 Å². The minimum Gasteiger partial charge on any atom is -0.497 e. The fraction of sp³-hybridized carbons (Fsp3) is 0.316. The number of amides is 2. The van der Waals surface area contributed by atoms with Gasteiger partial charge in [-0.3, -0.25) is 14.6 Å². The van der Waals surface area contributed by atoms with Gasteiger partial charge in [0, 0.05) is 25.7 Å². The number of hydrogen-bond donors (Lipinski definition) is 1. The number of aromatic nitrogens is 1. The van der Waals surface area contributed by atoms with Crippen molar-refractivity contribution in [3.8, 4) is 5.75 Å². The average Bonchev–Trinajstić information content (AvgIpc) is 3.00. The van der Waals surface area contributed by atoms with Crippen molar-refractivity contribution in [2.24, 2.45) is 0 Å². The zero-order valence-corrected chi connectivity index (χ0v) is 14.1. The molecule has 1 aromatic heterocycles. The molecule has 1 N–H and O–H groups in total. The van der Waals surface area contributed by atoms with Gasteiger partial charge in [-0.1, -0.05) is 18.2 Å². The first-order valence-corrected chi connectivity index (χ1v) is 8.28. The van der Waals surface area contributed by atoms with E-state index in [9.17, 15) is 9.59 Å². The van der Waals surface area contributed by atoms with E-state index in [0.717, 1.165) is 17.7 Å².